The molecule has 1 heterocycles. The van der Waals surface area contributed by atoms with Crippen LogP contribution >= 0.6 is 19.3 Å². The van der Waals surface area contributed by atoms with Gasteiger partial charge in [-0.1, -0.05) is 24.3 Å². The third-order valence-electron chi connectivity index (χ3n) is 6.84. The van der Waals surface area contributed by atoms with Gasteiger partial charge in [0, 0.05) is 42.5 Å². The van der Waals surface area contributed by atoms with Gasteiger partial charge in [-0.25, -0.2) is 4.67 Å². The molecule has 0 spiro atoms. The Labute approximate surface area is 208 Å². The number of hydrogen-bond acceptors (Lipinski definition) is 4. The van der Waals surface area contributed by atoms with Crippen LogP contribution in [0.3, 0.4) is 0 Å². The summed E-state index contributed by atoms with van der Waals surface area (Å²) >= 11 is -0.118. The Morgan fingerprint density at radius 1 is 1.09 bits per heavy atom. The molecule has 1 aliphatic heterocycles. The number of thioether (sulfide) groups is 1. The van der Waals surface area contributed by atoms with E-state index < -0.39 is 13.0 Å². The lowest BCUT2D eigenvalue weighted by Crippen LogP contribution is -2.56. The van der Waals surface area contributed by atoms with Gasteiger partial charge in [0.2, 0.25) is 0 Å². The molecule has 0 bridgehead atoms. The summed E-state index contributed by atoms with van der Waals surface area (Å²) in [5, 5.41) is 0.448. The number of nitrogens with zero attached hydrogens (tertiary/aromatic N) is 2. The zero-order chi connectivity index (χ0) is 25.4. The number of piperazine rings is 1. The number of rotatable bonds is 7. The van der Waals surface area contributed by atoms with Gasteiger partial charge in [0.25, 0.3) is 0 Å². The molecular weight excluding hydrogens is 496 g/mol. The zero-order valence-corrected chi connectivity index (χ0v) is 21.5. The van der Waals surface area contributed by atoms with Crippen molar-refractivity contribution in [2.75, 3.05) is 19.6 Å². The molecule has 35 heavy (non-hydrogen) atoms. The van der Waals surface area contributed by atoms with Crippen molar-refractivity contribution in [3.63, 3.8) is 0 Å². The van der Waals surface area contributed by atoms with Crippen LogP contribution in [0.15, 0.2) is 47.4 Å². The first-order valence-electron chi connectivity index (χ1n) is 11.7. The van der Waals surface area contributed by atoms with Gasteiger partial charge in [-0.2, -0.15) is 13.2 Å². The average molecular weight is 527 g/mol. The van der Waals surface area contributed by atoms with Crippen molar-refractivity contribution in [2.24, 2.45) is 5.92 Å². The van der Waals surface area contributed by atoms with Crippen LogP contribution in [0, 0.1) is 5.92 Å². The van der Waals surface area contributed by atoms with Crippen molar-refractivity contribution in [2.45, 2.75) is 55.6 Å². The molecule has 10 heteroatoms. The van der Waals surface area contributed by atoms with Gasteiger partial charge in [0.05, 0.1) is 5.30 Å². The second-order valence-corrected chi connectivity index (χ2v) is 12.7. The van der Waals surface area contributed by atoms with Crippen LogP contribution < -0.4 is 5.30 Å². The molecule has 5 nitrogen and oxygen atoms in total. The SMILES string of the molecule is CC1CN(CCc2ccc(SC(F)(F)F)cc2)CC(C)N1P(=O)(O)c1cccc2c1CC(C=O)C2. The van der Waals surface area contributed by atoms with Gasteiger partial charge < -0.3 is 9.69 Å². The number of carbonyl (C=O) groups is 1. The number of alkyl halides is 3. The molecule has 4 unspecified atom stereocenters. The fraction of sp³-hybridized carbons (Fsp3) is 0.480. The topological polar surface area (TPSA) is 60.9 Å². The van der Waals surface area contributed by atoms with E-state index in [-0.39, 0.29) is 34.7 Å². The molecule has 4 rings (SSSR count). The van der Waals surface area contributed by atoms with E-state index in [2.05, 4.69) is 4.90 Å². The van der Waals surface area contributed by atoms with Gasteiger partial charge >= 0.3 is 13.0 Å². The van der Waals surface area contributed by atoms with Gasteiger partial charge in [-0.15, -0.1) is 0 Å². The molecule has 2 aromatic rings. The molecular formula is C25H30F3N2O3PS. The molecule has 1 aliphatic carbocycles. The van der Waals surface area contributed by atoms with E-state index in [9.17, 15) is 27.4 Å². The second kappa shape index (κ2) is 10.4. The van der Waals surface area contributed by atoms with Crippen molar-refractivity contribution >= 4 is 30.9 Å². The number of halogens is 3. The minimum atomic E-state index is -4.30. The number of aldehydes is 1. The first-order chi connectivity index (χ1) is 16.5. The number of benzene rings is 2. The Bertz CT molecular complexity index is 1100. The first-order valence-corrected chi connectivity index (χ1v) is 14.2. The molecule has 2 aliphatic rings. The second-order valence-electron chi connectivity index (χ2n) is 9.54. The fourth-order valence-electron chi connectivity index (χ4n) is 5.44. The molecule has 0 radical (unpaired) electrons. The summed E-state index contributed by atoms with van der Waals surface area (Å²) in [6.07, 6.45) is 2.73. The zero-order valence-electron chi connectivity index (χ0n) is 19.7. The van der Waals surface area contributed by atoms with Crippen LogP contribution in [0.2, 0.25) is 0 Å². The molecule has 2 aromatic carbocycles. The summed E-state index contributed by atoms with van der Waals surface area (Å²) in [5.74, 6) is -0.140. The van der Waals surface area contributed by atoms with Crippen LogP contribution in [0.5, 0.6) is 0 Å². The summed E-state index contributed by atoms with van der Waals surface area (Å²) in [4.78, 5) is 25.1. The van der Waals surface area contributed by atoms with Crippen molar-refractivity contribution in [1.29, 1.82) is 0 Å². The smallest absolute Gasteiger partial charge is 0.330 e. The van der Waals surface area contributed by atoms with E-state index in [4.69, 9.17) is 0 Å². The van der Waals surface area contributed by atoms with Crippen molar-refractivity contribution in [1.82, 2.24) is 9.57 Å². The third kappa shape index (κ3) is 6.03. The van der Waals surface area contributed by atoms with E-state index in [1.165, 1.54) is 12.1 Å². The Balaban J connectivity index is 1.41. The van der Waals surface area contributed by atoms with E-state index in [0.29, 0.717) is 44.2 Å². The molecule has 1 fully saturated rings. The Morgan fingerprint density at radius 2 is 1.74 bits per heavy atom. The molecule has 1 saturated heterocycles. The quantitative estimate of drug-likeness (QED) is 0.322. The summed E-state index contributed by atoms with van der Waals surface area (Å²) < 4.78 is 53.2. The van der Waals surface area contributed by atoms with Crippen LogP contribution in [0.1, 0.15) is 30.5 Å². The summed E-state index contributed by atoms with van der Waals surface area (Å²) in [6, 6.07) is 11.6. The van der Waals surface area contributed by atoms with E-state index in [1.54, 1.807) is 28.9 Å². The van der Waals surface area contributed by atoms with Crippen molar-refractivity contribution in [3.8, 4) is 0 Å². The maximum atomic E-state index is 13.9. The third-order valence-corrected chi connectivity index (χ3v) is 10.0. The summed E-state index contributed by atoms with van der Waals surface area (Å²) in [5.41, 5.74) is -1.52. The molecule has 1 N–H and O–H groups in total. The highest BCUT2D eigenvalue weighted by Crippen LogP contribution is 2.50. The monoisotopic (exact) mass is 526 g/mol. The van der Waals surface area contributed by atoms with Crippen molar-refractivity contribution < 1.29 is 27.4 Å². The molecule has 0 saturated carbocycles. The van der Waals surface area contributed by atoms with Gasteiger partial charge in [0.1, 0.15) is 6.29 Å². The number of carbonyl (C=O) groups excluding carboxylic acids is 1. The maximum absolute atomic E-state index is 13.9. The highest BCUT2D eigenvalue weighted by molar-refractivity contribution is 8.00. The number of hydrogen-bond donors (Lipinski definition) is 1. The summed E-state index contributed by atoms with van der Waals surface area (Å²) in [6.45, 7) is 5.84. The first kappa shape index (κ1) is 26.4. The van der Waals surface area contributed by atoms with E-state index in [1.807, 2.05) is 19.9 Å². The standard InChI is InChI=1S/C25H30F3N2O3PS/c1-17-14-29(11-10-19-6-8-22(9-7-19)35-25(26,27)28)15-18(2)30(17)34(32,33)24-5-3-4-21-12-20(16-31)13-23(21)24/h3-9,16-18,20H,10-15H2,1-2H3,(H,32,33). The maximum Gasteiger partial charge on any atom is 0.446 e. The van der Waals surface area contributed by atoms with Crippen molar-refractivity contribution in [3.05, 3.63) is 59.2 Å². The molecule has 190 valence electrons. The predicted octanol–water partition coefficient (Wildman–Crippen LogP) is 4.66. The highest BCUT2D eigenvalue weighted by Gasteiger charge is 2.43. The van der Waals surface area contributed by atoms with Crippen LogP contribution in [0.25, 0.3) is 0 Å². The normalized spacial score (nSPS) is 25.3. The van der Waals surface area contributed by atoms with Crippen LogP contribution in [0.4, 0.5) is 13.2 Å². The van der Waals surface area contributed by atoms with Gasteiger partial charge in [-0.05, 0) is 79.8 Å². The van der Waals surface area contributed by atoms with Crippen LogP contribution in [-0.4, -0.2) is 58.0 Å². The Kier molecular flexibility index (Phi) is 7.84. The minimum absolute atomic E-state index is 0.118. The minimum Gasteiger partial charge on any atom is -0.330 e. The van der Waals surface area contributed by atoms with Gasteiger partial charge in [0.15, 0.2) is 0 Å². The lowest BCUT2D eigenvalue weighted by Gasteiger charge is -2.46. The Hall–Kier alpha value is -1.64. The number of fused-ring (bicyclic) bond motifs is 1. The lowest BCUT2D eigenvalue weighted by atomic mass is 10.1. The lowest BCUT2D eigenvalue weighted by molar-refractivity contribution is -0.110. The van der Waals surface area contributed by atoms with E-state index in [0.717, 1.165) is 23.0 Å². The highest BCUT2D eigenvalue weighted by atomic mass is 32.2. The van der Waals surface area contributed by atoms with Gasteiger partial charge in [-0.3, -0.25) is 9.46 Å². The Morgan fingerprint density at radius 3 is 2.34 bits per heavy atom. The fourth-order valence-corrected chi connectivity index (χ4v) is 8.31. The molecule has 0 amide bonds. The van der Waals surface area contributed by atoms with Crippen LogP contribution in [-0.2, 0) is 28.6 Å². The molecule has 4 atom stereocenters. The summed E-state index contributed by atoms with van der Waals surface area (Å²) in [7, 11) is -3.84. The largest absolute Gasteiger partial charge is 0.446 e. The van der Waals surface area contributed by atoms with E-state index >= 15 is 0 Å². The predicted molar refractivity (Wildman–Crippen MR) is 132 cm³/mol. The average Bonchev–Trinajstić information content (AvgIpc) is 3.20. The molecule has 0 aromatic heterocycles.